The number of fused-ring (bicyclic) bond motifs is 1. The van der Waals surface area contributed by atoms with Crippen molar-refractivity contribution in [3.8, 4) is 23.8 Å². The highest BCUT2D eigenvalue weighted by Crippen LogP contribution is 2.45. The van der Waals surface area contributed by atoms with Crippen LogP contribution < -0.4 is 37.3 Å². The highest BCUT2D eigenvalue weighted by atomic mass is 79.9. The Balaban J connectivity index is 2.21. The standard InChI is InChI=1S/C19H18BrN9O3/c1-2-31-11-4-8(3-10(20)16(11)32-6-12(23)30)15-13-14(24)9(5-21)17(25)28-18(13)29-19(27-15)26-7-22/h3-4,15H,2,6H2,1H3,(H2,23,30)(H6,24,25,26,27,28,29). The Bertz CT molecular complexity index is 1200. The fourth-order valence-corrected chi connectivity index (χ4v) is 3.69. The van der Waals surface area contributed by atoms with E-state index >= 15 is 0 Å². The van der Waals surface area contributed by atoms with Crippen LogP contribution in [0.25, 0.3) is 0 Å². The zero-order valence-electron chi connectivity index (χ0n) is 16.8. The number of nitriles is 2. The van der Waals surface area contributed by atoms with E-state index in [-0.39, 0.29) is 41.2 Å². The van der Waals surface area contributed by atoms with Crippen molar-refractivity contribution in [2.45, 2.75) is 13.0 Å². The lowest BCUT2D eigenvalue weighted by Crippen LogP contribution is -2.32. The number of carbonyl (C=O) groups excluding carboxylic acids is 1. The summed E-state index contributed by atoms with van der Waals surface area (Å²) >= 11 is 3.42. The number of hydrogen-bond acceptors (Lipinski definition) is 11. The van der Waals surface area contributed by atoms with E-state index in [1.165, 1.54) is 0 Å². The number of nitrogen functional groups attached to an aromatic ring is 2. The van der Waals surface area contributed by atoms with Crippen molar-refractivity contribution in [1.82, 2.24) is 10.3 Å². The molecule has 2 heterocycles. The van der Waals surface area contributed by atoms with Crippen LogP contribution in [-0.2, 0) is 4.79 Å². The van der Waals surface area contributed by atoms with Crippen molar-refractivity contribution in [1.29, 1.82) is 10.5 Å². The number of hydrogen-bond donors (Lipinski definition) is 5. The number of guanidine groups is 1. The van der Waals surface area contributed by atoms with E-state index in [0.29, 0.717) is 28.0 Å². The van der Waals surface area contributed by atoms with Gasteiger partial charge in [-0.25, -0.2) is 9.98 Å². The van der Waals surface area contributed by atoms with Gasteiger partial charge < -0.3 is 32.0 Å². The summed E-state index contributed by atoms with van der Waals surface area (Å²) in [4.78, 5) is 19.9. The molecule has 1 aliphatic rings. The number of benzene rings is 1. The first-order valence-electron chi connectivity index (χ1n) is 9.16. The van der Waals surface area contributed by atoms with Gasteiger partial charge in [0.25, 0.3) is 5.91 Å². The van der Waals surface area contributed by atoms with Crippen molar-refractivity contribution in [2.75, 3.05) is 30.0 Å². The molecule has 13 heteroatoms. The van der Waals surface area contributed by atoms with E-state index in [4.69, 9.17) is 31.9 Å². The summed E-state index contributed by atoms with van der Waals surface area (Å²) in [6.07, 6.45) is 1.79. The fraction of sp³-hybridized carbons (Fsp3) is 0.211. The van der Waals surface area contributed by atoms with Crippen LogP contribution in [-0.4, -0.2) is 30.1 Å². The van der Waals surface area contributed by atoms with Crippen LogP contribution >= 0.6 is 15.9 Å². The largest absolute Gasteiger partial charge is 0.490 e. The number of anilines is 3. The number of amides is 1. The van der Waals surface area contributed by atoms with Gasteiger partial charge in [-0.05, 0) is 40.5 Å². The van der Waals surface area contributed by atoms with Crippen molar-refractivity contribution in [3.05, 3.63) is 33.3 Å². The maximum Gasteiger partial charge on any atom is 0.255 e. The van der Waals surface area contributed by atoms with Crippen molar-refractivity contribution in [2.24, 2.45) is 10.7 Å². The van der Waals surface area contributed by atoms with Gasteiger partial charge in [0.1, 0.15) is 29.3 Å². The van der Waals surface area contributed by atoms with Crippen LogP contribution in [0, 0.1) is 22.8 Å². The Hall–Kier alpha value is -4.23. The molecule has 12 nitrogen and oxygen atoms in total. The van der Waals surface area contributed by atoms with E-state index in [1.54, 1.807) is 25.2 Å². The number of halogens is 1. The van der Waals surface area contributed by atoms with Crippen LogP contribution in [0.5, 0.6) is 11.5 Å². The average molecular weight is 500 g/mol. The minimum Gasteiger partial charge on any atom is -0.490 e. The number of aliphatic imine (C=N–C) groups is 1. The van der Waals surface area contributed by atoms with E-state index in [2.05, 4.69) is 36.5 Å². The van der Waals surface area contributed by atoms with Crippen LogP contribution in [0.4, 0.5) is 17.3 Å². The number of nitrogens with one attached hydrogen (secondary N) is 2. The Kier molecular flexibility index (Phi) is 6.51. The molecule has 2 aromatic rings. The second-order valence-electron chi connectivity index (χ2n) is 6.42. The van der Waals surface area contributed by atoms with Gasteiger partial charge in [-0.1, -0.05) is 0 Å². The molecule has 0 saturated carbocycles. The number of aromatic nitrogens is 1. The van der Waals surface area contributed by atoms with Gasteiger partial charge in [0.05, 0.1) is 16.8 Å². The van der Waals surface area contributed by atoms with Crippen LogP contribution in [0.3, 0.4) is 0 Å². The number of ether oxygens (including phenoxy) is 2. The lowest BCUT2D eigenvalue weighted by Gasteiger charge is -2.27. The lowest BCUT2D eigenvalue weighted by molar-refractivity contribution is -0.119. The van der Waals surface area contributed by atoms with Gasteiger partial charge in [-0.15, -0.1) is 0 Å². The third kappa shape index (κ3) is 4.28. The van der Waals surface area contributed by atoms with E-state index < -0.39 is 11.9 Å². The molecule has 1 unspecified atom stereocenters. The van der Waals surface area contributed by atoms with Crippen molar-refractivity contribution < 1.29 is 14.3 Å². The van der Waals surface area contributed by atoms with E-state index in [1.807, 2.05) is 6.07 Å². The second kappa shape index (κ2) is 9.28. The summed E-state index contributed by atoms with van der Waals surface area (Å²) in [6, 6.07) is 4.51. The number of nitrogens with two attached hydrogens (primary N) is 3. The quantitative estimate of drug-likeness (QED) is 0.281. The van der Waals surface area contributed by atoms with Crippen molar-refractivity contribution >= 4 is 45.1 Å². The maximum atomic E-state index is 11.2. The first kappa shape index (κ1) is 22.5. The summed E-state index contributed by atoms with van der Waals surface area (Å²) in [6.45, 7) is 1.76. The second-order valence-corrected chi connectivity index (χ2v) is 7.27. The molecular formula is C19H18BrN9O3. The average Bonchev–Trinajstić information content (AvgIpc) is 2.72. The molecule has 32 heavy (non-hydrogen) atoms. The molecule has 1 aliphatic heterocycles. The number of primary amides is 1. The Labute approximate surface area is 191 Å². The first-order valence-corrected chi connectivity index (χ1v) is 9.96. The Morgan fingerprint density at radius 1 is 1.34 bits per heavy atom. The van der Waals surface area contributed by atoms with Gasteiger partial charge in [-0.3, -0.25) is 10.1 Å². The summed E-state index contributed by atoms with van der Waals surface area (Å²) in [5.74, 6) is 0.270. The topological polar surface area (TPSA) is 210 Å². The molecule has 3 rings (SSSR count). The zero-order chi connectivity index (χ0) is 23.4. The van der Waals surface area contributed by atoms with Gasteiger partial charge in [-0.2, -0.15) is 10.5 Å². The first-order chi connectivity index (χ1) is 15.3. The summed E-state index contributed by atoms with van der Waals surface area (Å²) < 4.78 is 11.6. The summed E-state index contributed by atoms with van der Waals surface area (Å²) in [5, 5.41) is 23.8. The smallest absolute Gasteiger partial charge is 0.255 e. The summed E-state index contributed by atoms with van der Waals surface area (Å²) in [5.41, 5.74) is 18.4. The minimum absolute atomic E-state index is 0.0213. The predicted molar refractivity (Wildman–Crippen MR) is 119 cm³/mol. The molecule has 1 atom stereocenters. The van der Waals surface area contributed by atoms with E-state index in [0.717, 1.165) is 0 Å². The SMILES string of the molecule is CCOc1cc(C2N=C(NC#N)Nc3nc(N)c(C#N)c(N)c32)cc(Br)c1OCC(N)=O. The zero-order valence-corrected chi connectivity index (χ0v) is 18.4. The molecule has 0 spiro atoms. The van der Waals surface area contributed by atoms with Gasteiger partial charge in [0, 0.05) is 5.56 Å². The van der Waals surface area contributed by atoms with Crippen LogP contribution in [0.2, 0.25) is 0 Å². The van der Waals surface area contributed by atoms with Crippen molar-refractivity contribution in [3.63, 3.8) is 0 Å². The molecule has 1 amide bonds. The molecule has 0 radical (unpaired) electrons. The Morgan fingerprint density at radius 2 is 2.09 bits per heavy atom. The van der Waals surface area contributed by atoms with Gasteiger partial charge in [0.2, 0.25) is 5.96 Å². The van der Waals surface area contributed by atoms with Gasteiger partial charge in [0.15, 0.2) is 24.3 Å². The number of pyridine rings is 1. The molecular weight excluding hydrogens is 482 g/mol. The number of carbonyl (C=O) groups is 1. The molecule has 0 saturated heterocycles. The Morgan fingerprint density at radius 3 is 2.72 bits per heavy atom. The third-order valence-electron chi connectivity index (χ3n) is 4.36. The third-order valence-corrected chi connectivity index (χ3v) is 4.95. The highest BCUT2D eigenvalue weighted by Gasteiger charge is 2.31. The predicted octanol–water partition coefficient (Wildman–Crippen LogP) is 1.08. The number of rotatable bonds is 6. The number of nitrogens with zero attached hydrogens (tertiary/aromatic N) is 4. The van der Waals surface area contributed by atoms with Gasteiger partial charge >= 0.3 is 0 Å². The van der Waals surface area contributed by atoms with Crippen LogP contribution in [0.1, 0.15) is 29.7 Å². The van der Waals surface area contributed by atoms with Crippen LogP contribution in [0.15, 0.2) is 21.6 Å². The molecule has 1 aromatic heterocycles. The summed E-state index contributed by atoms with van der Waals surface area (Å²) in [7, 11) is 0. The highest BCUT2D eigenvalue weighted by molar-refractivity contribution is 9.10. The van der Waals surface area contributed by atoms with E-state index in [9.17, 15) is 10.1 Å². The molecule has 164 valence electrons. The molecule has 0 aliphatic carbocycles. The molecule has 0 fully saturated rings. The molecule has 1 aromatic carbocycles. The molecule has 8 N–H and O–H groups in total. The maximum absolute atomic E-state index is 11.2. The minimum atomic E-state index is -0.775. The fourth-order valence-electron chi connectivity index (χ4n) is 3.11. The normalized spacial score (nSPS) is 14.1. The lowest BCUT2D eigenvalue weighted by atomic mass is 9.95. The monoisotopic (exact) mass is 499 g/mol. The molecule has 0 bridgehead atoms.